The van der Waals surface area contributed by atoms with Crippen LogP contribution in [0.5, 0.6) is 5.75 Å². The van der Waals surface area contributed by atoms with Crippen LogP contribution < -0.4 is 15.4 Å². The van der Waals surface area contributed by atoms with Crippen molar-refractivity contribution in [2.45, 2.75) is 51.2 Å². The molecule has 3 aliphatic rings. The fourth-order valence-electron chi connectivity index (χ4n) is 6.09. The molecule has 216 valence electrons. The average Bonchev–Trinajstić information content (AvgIpc) is 3.64. The Morgan fingerprint density at radius 1 is 1.15 bits per heavy atom. The Morgan fingerprint density at radius 3 is 2.73 bits per heavy atom. The van der Waals surface area contributed by atoms with Crippen LogP contribution in [0.3, 0.4) is 0 Å². The topological polar surface area (TPSA) is 129 Å². The smallest absolute Gasteiger partial charge is 0.322 e. The van der Waals surface area contributed by atoms with Gasteiger partial charge < -0.3 is 34.9 Å². The molecule has 1 aromatic heterocycles. The van der Waals surface area contributed by atoms with E-state index in [0.29, 0.717) is 38.0 Å². The zero-order valence-electron chi connectivity index (χ0n) is 23.5. The van der Waals surface area contributed by atoms with E-state index in [0.717, 1.165) is 65.3 Å². The number of aryl methyl sites for hydroxylation is 1. The first-order valence-electron chi connectivity index (χ1n) is 14.3. The fraction of sp³-hybridized carbons (Fsp3) is 0.467. The van der Waals surface area contributed by atoms with Gasteiger partial charge in [-0.3, -0.25) is 9.59 Å². The summed E-state index contributed by atoms with van der Waals surface area (Å²) < 4.78 is 11.1. The lowest BCUT2D eigenvalue weighted by Crippen LogP contribution is -2.51. The minimum atomic E-state index is -0.302. The molecule has 0 aliphatic carbocycles. The zero-order valence-corrected chi connectivity index (χ0v) is 23.5. The molecular weight excluding hydrogens is 524 g/mol. The van der Waals surface area contributed by atoms with Gasteiger partial charge >= 0.3 is 6.03 Å². The van der Waals surface area contributed by atoms with Crippen LogP contribution in [0.15, 0.2) is 30.3 Å². The van der Waals surface area contributed by atoms with Crippen LogP contribution in [0.2, 0.25) is 0 Å². The molecule has 0 unspecified atom stereocenters. The number of hydrogen-bond donors (Lipinski definition) is 3. The van der Waals surface area contributed by atoms with Gasteiger partial charge in [-0.15, -0.1) is 0 Å². The molecule has 0 bridgehead atoms. The third-order valence-corrected chi connectivity index (χ3v) is 8.39. The molecule has 0 spiro atoms. The minimum Gasteiger partial charge on any atom is -0.497 e. The van der Waals surface area contributed by atoms with Crippen molar-refractivity contribution in [1.29, 1.82) is 0 Å². The molecule has 2 saturated heterocycles. The number of rotatable bonds is 6. The first-order valence-corrected chi connectivity index (χ1v) is 14.3. The number of urea groups is 1. The summed E-state index contributed by atoms with van der Waals surface area (Å²) >= 11 is 0. The molecular formula is C30H36N6O5. The van der Waals surface area contributed by atoms with Gasteiger partial charge in [-0.2, -0.15) is 0 Å². The van der Waals surface area contributed by atoms with Gasteiger partial charge in [0.05, 0.1) is 24.7 Å². The molecule has 4 heterocycles. The summed E-state index contributed by atoms with van der Waals surface area (Å²) in [6.45, 7) is 4.26. The summed E-state index contributed by atoms with van der Waals surface area (Å²) in [5.41, 5.74) is 4.85. The highest BCUT2D eigenvalue weighted by Crippen LogP contribution is 2.30. The number of amides is 4. The second-order valence-corrected chi connectivity index (χ2v) is 11.0. The predicted octanol–water partition coefficient (Wildman–Crippen LogP) is 3.54. The van der Waals surface area contributed by atoms with E-state index in [2.05, 4.69) is 15.6 Å². The molecule has 0 radical (unpaired) electrons. The number of carbonyl (C=O) groups is 3. The third kappa shape index (κ3) is 5.58. The number of imidazole rings is 1. The monoisotopic (exact) mass is 560 g/mol. The van der Waals surface area contributed by atoms with Crippen molar-refractivity contribution in [2.24, 2.45) is 0 Å². The van der Waals surface area contributed by atoms with Crippen molar-refractivity contribution in [3.8, 4) is 5.75 Å². The molecule has 0 saturated carbocycles. The number of hydrogen-bond acceptors (Lipinski definition) is 6. The fourth-order valence-corrected chi connectivity index (χ4v) is 6.09. The summed E-state index contributed by atoms with van der Waals surface area (Å²) in [5.74, 6) is 1.13. The third-order valence-electron chi connectivity index (χ3n) is 8.39. The lowest BCUT2D eigenvalue weighted by molar-refractivity contribution is -0.131. The van der Waals surface area contributed by atoms with Crippen molar-refractivity contribution in [1.82, 2.24) is 25.1 Å². The van der Waals surface area contributed by atoms with Crippen molar-refractivity contribution >= 4 is 34.6 Å². The quantitative estimate of drug-likeness (QED) is 0.423. The van der Waals surface area contributed by atoms with Crippen LogP contribution >= 0.6 is 0 Å². The van der Waals surface area contributed by atoms with Gasteiger partial charge in [-0.25, -0.2) is 9.78 Å². The van der Waals surface area contributed by atoms with E-state index in [1.165, 1.54) is 0 Å². The van der Waals surface area contributed by atoms with Crippen LogP contribution in [0.25, 0.3) is 11.0 Å². The number of piperidine rings is 1. The SMILES string of the molecule is COc1ccc2c(c1)CCN(C1CCN(C(=O)CNC(=O)c3cc(C)c4nc([C@@H]5CCCO5)[nH]c4c3)CC1)C(=O)N2. The van der Waals surface area contributed by atoms with Gasteiger partial charge in [0, 0.05) is 43.5 Å². The van der Waals surface area contributed by atoms with Crippen LogP contribution in [0.4, 0.5) is 10.5 Å². The Labute approximate surface area is 238 Å². The number of H-pyrrole nitrogens is 1. The van der Waals surface area contributed by atoms with E-state index in [9.17, 15) is 14.4 Å². The number of likely N-dealkylation sites (tertiary alicyclic amines) is 1. The number of fused-ring (bicyclic) bond motifs is 2. The first-order chi connectivity index (χ1) is 19.9. The van der Waals surface area contributed by atoms with E-state index >= 15 is 0 Å². The van der Waals surface area contributed by atoms with Gasteiger partial charge in [0.25, 0.3) is 5.91 Å². The second-order valence-electron chi connectivity index (χ2n) is 11.0. The molecule has 2 aromatic carbocycles. The standard InChI is InChI=1S/C30H36N6O5/c1-18-14-20(16-24-27(18)34-28(32-24)25-4-3-13-41-25)29(38)31-17-26(37)35-10-8-21(9-11-35)36-12-7-19-15-22(40-2)5-6-23(19)33-30(36)39/h5-6,14-16,21,25H,3-4,7-13,17H2,1-2H3,(H,31,38)(H,32,34)(H,33,39)/t25-/m0/s1. The number of benzene rings is 2. The summed E-state index contributed by atoms with van der Waals surface area (Å²) in [4.78, 5) is 50.5. The molecule has 4 amide bonds. The second kappa shape index (κ2) is 11.4. The highest BCUT2D eigenvalue weighted by molar-refractivity contribution is 5.99. The number of ether oxygens (including phenoxy) is 2. The average molecular weight is 561 g/mol. The number of methoxy groups -OCH3 is 1. The maximum Gasteiger partial charge on any atom is 0.322 e. The van der Waals surface area contributed by atoms with Crippen LogP contribution in [-0.2, 0) is 16.0 Å². The molecule has 6 rings (SSSR count). The summed E-state index contributed by atoms with van der Waals surface area (Å²) in [7, 11) is 1.63. The number of carbonyl (C=O) groups excluding carboxylic acids is 3. The van der Waals surface area contributed by atoms with Crippen LogP contribution in [0.1, 0.15) is 59.1 Å². The zero-order chi connectivity index (χ0) is 28.5. The Kier molecular flexibility index (Phi) is 7.53. The van der Waals surface area contributed by atoms with E-state index < -0.39 is 0 Å². The Balaban J connectivity index is 1.01. The Morgan fingerprint density at radius 2 is 1.98 bits per heavy atom. The number of nitrogens with zero attached hydrogens (tertiary/aromatic N) is 3. The molecule has 2 fully saturated rings. The lowest BCUT2D eigenvalue weighted by atomic mass is 10.0. The van der Waals surface area contributed by atoms with Crippen LogP contribution in [0, 0.1) is 6.92 Å². The maximum atomic E-state index is 13.0. The van der Waals surface area contributed by atoms with Crippen LogP contribution in [-0.4, -0.2) is 83.6 Å². The first kappa shape index (κ1) is 27.1. The maximum absolute atomic E-state index is 13.0. The van der Waals surface area contributed by atoms with Gasteiger partial charge in [-0.1, -0.05) is 0 Å². The Hall–Kier alpha value is -4.12. The molecule has 1 atom stereocenters. The molecule has 11 heteroatoms. The summed E-state index contributed by atoms with van der Waals surface area (Å²) in [6.07, 6.45) is 4.02. The number of aromatic nitrogens is 2. The summed E-state index contributed by atoms with van der Waals surface area (Å²) in [5, 5.41) is 5.81. The lowest BCUT2D eigenvalue weighted by Gasteiger charge is -2.38. The predicted molar refractivity (Wildman–Crippen MR) is 153 cm³/mol. The van der Waals surface area contributed by atoms with Crippen molar-refractivity contribution in [3.63, 3.8) is 0 Å². The van der Waals surface area contributed by atoms with E-state index in [-0.39, 0.29) is 36.5 Å². The molecule has 41 heavy (non-hydrogen) atoms. The van der Waals surface area contributed by atoms with Crippen molar-refractivity contribution < 1.29 is 23.9 Å². The number of anilines is 1. The van der Waals surface area contributed by atoms with E-state index in [4.69, 9.17) is 14.5 Å². The van der Waals surface area contributed by atoms with Gasteiger partial charge in [0.1, 0.15) is 17.7 Å². The highest BCUT2D eigenvalue weighted by atomic mass is 16.5. The van der Waals surface area contributed by atoms with Crippen molar-refractivity contribution in [2.75, 3.05) is 45.2 Å². The van der Waals surface area contributed by atoms with Gasteiger partial charge in [0.15, 0.2) is 0 Å². The summed E-state index contributed by atoms with van der Waals surface area (Å²) in [6, 6.07) is 9.20. The van der Waals surface area contributed by atoms with Crippen molar-refractivity contribution in [3.05, 3.63) is 52.8 Å². The molecule has 3 aromatic rings. The normalized spacial score (nSPS) is 19.6. The van der Waals surface area contributed by atoms with E-state index in [1.54, 1.807) is 24.1 Å². The molecule has 3 N–H and O–H groups in total. The molecule has 11 nitrogen and oxygen atoms in total. The number of nitrogens with one attached hydrogen (secondary N) is 3. The number of aromatic amines is 1. The minimum absolute atomic E-state index is 0.0324. The molecule has 3 aliphatic heterocycles. The van der Waals surface area contributed by atoms with E-state index in [1.807, 2.05) is 30.0 Å². The largest absolute Gasteiger partial charge is 0.497 e. The van der Waals surface area contributed by atoms with Gasteiger partial charge in [0.2, 0.25) is 5.91 Å². The van der Waals surface area contributed by atoms with Gasteiger partial charge in [-0.05, 0) is 80.5 Å². The Bertz CT molecular complexity index is 1470. The highest BCUT2D eigenvalue weighted by Gasteiger charge is 2.31.